The van der Waals surface area contributed by atoms with Crippen LogP contribution in [0, 0.1) is 12.3 Å². The Morgan fingerprint density at radius 2 is 1.95 bits per heavy atom. The molecule has 1 amide bonds. The van der Waals surface area contributed by atoms with Gasteiger partial charge < -0.3 is 34.3 Å². The van der Waals surface area contributed by atoms with E-state index in [-0.39, 0.29) is 42.2 Å². The molecule has 55 heavy (non-hydrogen) atoms. The number of rotatable bonds is 19. The fourth-order valence-corrected chi connectivity index (χ4v) is 8.24. The Labute approximate surface area is 321 Å². The topological polar surface area (TPSA) is 251 Å². The predicted octanol–water partition coefficient (Wildman–Crippen LogP) is 1.26. The monoisotopic (exact) mass is 810 g/mol. The van der Waals surface area contributed by atoms with Crippen molar-refractivity contribution in [2.45, 2.75) is 77.2 Å². The average Bonchev–Trinajstić information content (AvgIpc) is 3.66. The molecule has 1 saturated heterocycles. The van der Waals surface area contributed by atoms with Crippen LogP contribution in [0.25, 0.3) is 11.2 Å². The largest absolute Gasteiger partial charge is 0.465 e. The molecular formula is C34H47N6O13PS. The Hall–Kier alpha value is -4.01. The molecule has 302 valence electrons. The number of carbonyl (C=O) groups is 4. The number of imidazole rings is 1. The van der Waals surface area contributed by atoms with Gasteiger partial charge in [0.15, 0.2) is 34.2 Å². The molecule has 3 aromatic rings. The number of thioether (sulfide) groups is 1. The first-order valence-electron chi connectivity index (χ1n) is 17.2. The molecule has 1 aromatic carbocycles. The minimum atomic E-state index is -4.87. The van der Waals surface area contributed by atoms with Gasteiger partial charge in [-0.15, -0.1) is 0 Å². The molecule has 21 heteroatoms. The number of aromatic nitrogens is 4. The first-order chi connectivity index (χ1) is 25.9. The number of carbonyl (C=O) groups excluding carboxylic acids is 4. The lowest BCUT2D eigenvalue weighted by molar-refractivity contribution is -0.163. The fourth-order valence-electron chi connectivity index (χ4n) is 5.55. The minimum absolute atomic E-state index is 0.0268. The van der Waals surface area contributed by atoms with Crippen molar-refractivity contribution in [3.8, 4) is 0 Å². The lowest BCUT2D eigenvalue weighted by Crippen LogP contribution is -2.47. The van der Waals surface area contributed by atoms with Crippen LogP contribution >= 0.6 is 19.5 Å². The number of aryl methyl sites for hydroxylation is 1. The van der Waals surface area contributed by atoms with E-state index in [4.69, 9.17) is 23.3 Å². The molecule has 1 fully saturated rings. The summed E-state index contributed by atoms with van der Waals surface area (Å²) in [4.78, 5) is 76.1. The number of likely N-dealkylation sites (N-methyl/N-ethyl adjacent to an activating group) is 1. The van der Waals surface area contributed by atoms with Crippen LogP contribution in [0.15, 0.2) is 41.5 Å². The maximum Gasteiger partial charge on any atom is 0.407 e. The van der Waals surface area contributed by atoms with E-state index >= 15 is 0 Å². The molecule has 0 spiro atoms. The van der Waals surface area contributed by atoms with Crippen molar-refractivity contribution in [1.82, 2.24) is 29.5 Å². The first kappa shape index (κ1) is 43.7. The van der Waals surface area contributed by atoms with Crippen LogP contribution in [0.3, 0.4) is 0 Å². The zero-order chi connectivity index (χ0) is 40.7. The third-order valence-corrected chi connectivity index (χ3v) is 11.6. The number of hydrogen-bond acceptors (Lipinski definition) is 16. The van der Waals surface area contributed by atoms with E-state index in [0.717, 1.165) is 4.90 Å². The maximum absolute atomic E-state index is 14.9. The van der Waals surface area contributed by atoms with Gasteiger partial charge in [-0.05, 0) is 46.6 Å². The number of nitrogens with one attached hydrogen (secondary N) is 2. The molecule has 0 bridgehead atoms. The van der Waals surface area contributed by atoms with Crippen molar-refractivity contribution >= 4 is 54.1 Å². The molecule has 0 saturated carbocycles. The highest BCUT2D eigenvalue weighted by molar-refractivity contribution is 8.13. The van der Waals surface area contributed by atoms with Gasteiger partial charge in [0.1, 0.15) is 24.1 Å². The zero-order valence-electron chi connectivity index (χ0n) is 31.5. The van der Waals surface area contributed by atoms with Crippen LogP contribution in [0.4, 0.5) is 0 Å². The van der Waals surface area contributed by atoms with Gasteiger partial charge >= 0.3 is 13.7 Å². The molecule has 19 nitrogen and oxygen atoms in total. The number of H-pyrrole nitrogens is 1. The first-order valence-corrected chi connectivity index (χ1v) is 19.7. The fraction of sp³-hybridized carbons (Fsp3) is 0.559. The summed E-state index contributed by atoms with van der Waals surface area (Å²) in [6.07, 6.45) is -4.89. The van der Waals surface area contributed by atoms with Gasteiger partial charge in [0, 0.05) is 19.8 Å². The lowest BCUT2D eigenvalue weighted by atomic mass is 9.96. The number of benzene rings is 1. The Kier molecular flexibility index (Phi) is 14.5. The van der Waals surface area contributed by atoms with E-state index < -0.39 is 85.1 Å². The summed E-state index contributed by atoms with van der Waals surface area (Å²) in [6, 6.07) is 7.34. The molecule has 3 unspecified atom stereocenters. The molecule has 2 aromatic heterocycles. The Morgan fingerprint density at radius 3 is 2.56 bits per heavy atom. The van der Waals surface area contributed by atoms with Crippen LogP contribution in [0.1, 0.15) is 45.3 Å². The highest BCUT2D eigenvalue weighted by Gasteiger charge is 2.57. The van der Waals surface area contributed by atoms with E-state index in [1.165, 1.54) is 45.8 Å². The van der Waals surface area contributed by atoms with E-state index in [0.29, 0.717) is 17.3 Å². The summed E-state index contributed by atoms with van der Waals surface area (Å²) in [5.41, 5.74) is -2.93. The van der Waals surface area contributed by atoms with Gasteiger partial charge in [-0.1, -0.05) is 42.1 Å². The van der Waals surface area contributed by atoms with E-state index in [1.807, 2.05) is 0 Å². The number of aliphatic hydroxyl groups excluding tert-OH is 2. The minimum Gasteiger partial charge on any atom is -0.465 e. The number of fused-ring (bicyclic) bond motifs is 1. The van der Waals surface area contributed by atoms with Crippen molar-refractivity contribution in [2.75, 3.05) is 39.7 Å². The maximum atomic E-state index is 14.9. The predicted molar refractivity (Wildman–Crippen MR) is 198 cm³/mol. The number of aliphatic hydroxyl groups is 2. The molecular weight excluding hydrogens is 763 g/mol. The Balaban J connectivity index is 1.72. The molecule has 4 N–H and O–H groups in total. The van der Waals surface area contributed by atoms with Crippen LogP contribution in [-0.4, -0.2) is 128 Å². The number of amides is 1. The molecule has 0 radical (unpaired) electrons. The SMILES string of the molecule is CCOC(=O)[C@H](Cc1ccccc1)NP(=O)(OC[C@H]1O[C@@H](n2cnc3c(=O)[nH]c(C)nc32)[C@@](C)(OC=O)C1O)OC(CSC(=O)C(C)(C)CO)C(=O)N(C)C. The van der Waals surface area contributed by atoms with Gasteiger partial charge in [0.05, 0.1) is 31.6 Å². The molecule has 4 rings (SSSR count). The van der Waals surface area contributed by atoms with Gasteiger partial charge in [0.25, 0.3) is 17.9 Å². The summed E-state index contributed by atoms with van der Waals surface area (Å²) in [5.74, 6) is -1.66. The number of nitrogens with zero attached hydrogens (tertiary/aromatic N) is 4. The number of aromatic amines is 1. The van der Waals surface area contributed by atoms with Crippen molar-refractivity contribution in [3.05, 3.63) is 58.4 Å². The molecule has 1 aliphatic rings. The summed E-state index contributed by atoms with van der Waals surface area (Å²) in [6.45, 7) is 6.37. The molecule has 1 aliphatic heterocycles. The number of ether oxygens (including phenoxy) is 3. The zero-order valence-corrected chi connectivity index (χ0v) is 33.2. The van der Waals surface area contributed by atoms with Crippen LogP contribution in [0.2, 0.25) is 0 Å². The average molecular weight is 811 g/mol. The van der Waals surface area contributed by atoms with Gasteiger partial charge in [-0.25, -0.2) is 19.6 Å². The Bertz CT molecular complexity index is 1940. The lowest BCUT2D eigenvalue weighted by Gasteiger charge is -2.31. The van der Waals surface area contributed by atoms with Crippen LogP contribution < -0.4 is 10.6 Å². The van der Waals surface area contributed by atoms with Crippen molar-refractivity contribution < 1.29 is 57.2 Å². The van der Waals surface area contributed by atoms with Crippen LogP contribution in [0.5, 0.6) is 0 Å². The number of esters is 1. The van der Waals surface area contributed by atoms with Gasteiger partial charge in [-0.3, -0.25) is 37.6 Å². The second kappa shape index (κ2) is 18.3. The smallest absolute Gasteiger partial charge is 0.407 e. The van der Waals surface area contributed by atoms with E-state index in [1.54, 1.807) is 44.2 Å². The highest BCUT2D eigenvalue weighted by atomic mass is 32.2. The quantitative estimate of drug-likeness (QED) is 0.0756. The van der Waals surface area contributed by atoms with E-state index in [9.17, 15) is 38.8 Å². The van der Waals surface area contributed by atoms with Crippen LogP contribution in [-0.2, 0) is 53.4 Å². The highest BCUT2D eigenvalue weighted by Crippen LogP contribution is 2.49. The standard InChI is InChI=1S/C34H47N6O13PS/c1-8-49-30(46)22(14-21-12-10-9-11-13-21)38-54(48,53-24(29(45)39(6)7)16-55-32(47)33(3,4)17-41)51-15-23-26(43)34(5,50-19-42)31(52-23)40-18-35-25-27(40)36-20(2)37-28(25)44/h9-13,18-19,22-24,26,31,41,43H,8,14-17H2,1-7H3,(H,38,48)(H,36,37,44)/t22-,23+,24?,26?,31+,34-,54?/m0/s1. The summed E-state index contributed by atoms with van der Waals surface area (Å²) < 4.78 is 44.8. The third kappa shape index (κ3) is 10.2. The molecule has 0 aliphatic carbocycles. The third-order valence-electron chi connectivity index (χ3n) is 8.71. The van der Waals surface area contributed by atoms with Crippen molar-refractivity contribution in [2.24, 2.45) is 5.41 Å². The van der Waals surface area contributed by atoms with Gasteiger partial charge in [-0.2, -0.15) is 0 Å². The summed E-state index contributed by atoms with van der Waals surface area (Å²) >= 11 is 0.668. The van der Waals surface area contributed by atoms with Crippen molar-refractivity contribution in [1.29, 1.82) is 0 Å². The van der Waals surface area contributed by atoms with Gasteiger partial charge in [0.2, 0.25) is 0 Å². The summed E-state index contributed by atoms with van der Waals surface area (Å²) in [5, 5.41) is 23.4. The Morgan fingerprint density at radius 1 is 1.25 bits per heavy atom. The molecule has 7 atom stereocenters. The van der Waals surface area contributed by atoms with Crippen molar-refractivity contribution in [3.63, 3.8) is 0 Å². The number of hydrogen-bond donors (Lipinski definition) is 4. The second-order valence-corrected chi connectivity index (χ2v) is 16.4. The van der Waals surface area contributed by atoms with E-state index in [2.05, 4.69) is 20.0 Å². The summed E-state index contributed by atoms with van der Waals surface area (Å²) in [7, 11) is -2.03. The second-order valence-electron chi connectivity index (χ2n) is 13.7. The normalized spacial score (nSPS) is 22.1. The molecule has 3 heterocycles.